The van der Waals surface area contributed by atoms with E-state index >= 15 is 0 Å². The summed E-state index contributed by atoms with van der Waals surface area (Å²) < 4.78 is 0.451. The molecular weight excluding hydrogens is 284 g/mol. The minimum Gasteiger partial charge on any atom is -0.361 e. The average Bonchev–Trinajstić information content (AvgIpc) is 2.87. The monoisotopic (exact) mass is 306 g/mol. The highest BCUT2D eigenvalue weighted by molar-refractivity contribution is 8.14. The van der Waals surface area contributed by atoms with Crippen molar-refractivity contribution in [2.24, 2.45) is 4.99 Å². The van der Waals surface area contributed by atoms with Crippen LogP contribution in [0.15, 0.2) is 35.3 Å². The third-order valence-electron chi connectivity index (χ3n) is 4.28. The molecule has 1 aromatic carbocycles. The summed E-state index contributed by atoms with van der Waals surface area (Å²) in [5.74, 6) is 1.14. The van der Waals surface area contributed by atoms with Crippen LogP contribution in [0.4, 0.5) is 0 Å². The molecule has 4 heteroatoms. The molecule has 0 amide bonds. The van der Waals surface area contributed by atoms with Gasteiger partial charge < -0.3 is 5.32 Å². The zero-order chi connectivity index (χ0) is 13.8. The molecule has 0 radical (unpaired) electrons. The molecule has 1 aliphatic heterocycles. The number of aliphatic imine (C=N–C) groups is 1. The number of nitrogens with one attached hydrogen (secondary N) is 1. The Morgan fingerprint density at radius 3 is 2.80 bits per heavy atom. The second-order valence-electron chi connectivity index (χ2n) is 5.70. The summed E-state index contributed by atoms with van der Waals surface area (Å²) in [5.41, 5.74) is 1.41. The molecule has 20 heavy (non-hydrogen) atoms. The van der Waals surface area contributed by atoms with Crippen LogP contribution in [0.3, 0.4) is 0 Å². The van der Waals surface area contributed by atoms with Gasteiger partial charge in [0.05, 0.1) is 6.54 Å². The Bertz CT molecular complexity index is 463. The highest BCUT2D eigenvalue weighted by Crippen LogP contribution is 2.43. The zero-order valence-corrected chi connectivity index (χ0v) is 13.6. The Labute approximate surface area is 130 Å². The molecule has 1 saturated carbocycles. The molecule has 1 unspecified atom stereocenters. The second kappa shape index (κ2) is 6.44. The summed E-state index contributed by atoms with van der Waals surface area (Å²) >= 11 is 3.89. The molecule has 3 rings (SSSR count). The van der Waals surface area contributed by atoms with Crippen LogP contribution >= 0.6 is 23.5 Å². The van der Waals surface area contributed by atoms with Crippen LogP contribution in [0.2, 0.25) is 0 Å². The highest BCUT2D eigenvalue weighted by Gasteiger charge is 2.36. The van der Waals surface area contributed by atoms with Gasteiger partial charge in [0.15, 0.2) is 5.17 Å². The van der Waals surface area contributed by atoms with Gasteiger partial charge >= 0.3 is 0 Å². The minimum atomic E-state index is 0.451. The van der Waals surface area contributed by atoms with Crippen LogP contribution in [0.25, 0.3) is 0 Å². The predicted octanol–water partition coefficient (Wildman–Crippen LogP) is 3.58. The second-order valence-corrected chi connectivity index (χ2v) is 7.99. The van der Waals surface area contributed by atoms with Crippen molar-refractivity contribution in [2.75, 3.05) is 18.6 Å². The molecule has 1 saturated heterocycles. The first-order valence-electron chi connectivity index (χ1n) is 7.33. The van der Waals surface area contributed by atoms with E-state index in [0.717, 1.165) is 23.9 Å². The maximum absolute atomic E-state index is 4.83. The van der Waals surface area contributed by atoms with E-state index in [9.17, 15) is 0 Å². The standard InChI is InChI=1S/C16H22N2S2/c1-19-16(8-5-9-16)12-17-15-18-14(11-20-15)10-13-6-3-2-4-7-13/h2-4,6-7,14H,5,8-12H2,1H3,(H,17,18). The Kier molecular flexibility index (Phi) is 4.61. The number of hydrogen-bond acceptors (Lipinski definition) is 3. The molecular formula is C16H22N2S2. The van der Waals surface area contributed by atoms with Gasteiger partial charge in [-0.1, -0.05) is 48.5 Å². The van der Waals surface area contributed by atoms with E-state index in [0.29, 0.717) is 10.8 Å². The van der Waals surface area contributed by atoms with E-state index in [-0.39, 0.29) is 0 Å². The normalized spacial score (nSPS) is 26.2. The maximum atomic E-state index is 4.83. The van der Waals surface area contributed by atoms with Crippen molar-refractivity contribution >= 4 is 28.7 Å². The SMILES string of the molecule is CSC1(CN=C2NC(Cc3ccccc3)CS2)CCC1. The summed E-state index contributed by atoms with van der Waals surface area (Å²) in [6, 6.07) is 11.3. The van der Waals surface area contributed by atoms with Crippen LogP contribution in [0.5, 0.6) is 0 Å². The number of nitrogens with zero attached hydrogens (tertiary/aromatic N) is 1. The fraction of sp³-hybridized carbons (Fsp3) is 0.562. The minimum absolute atomic E-state index is 0.451. The number of rotatable bonds is 5. The van der Waals surface area contributed by atoms with Gasteiger partial charge in [-0.2, -0.15) is 11.8 Å². The van der Waals surface area contributed by atoms with Gasteiger partial charge in [0.2, 0.25) is 0 Å². The summed E-state index contributed by atoms with van der Waals surface area (Å²) in [4.78, 5) is 4.83. The average molecular weight is 307 g/mol. The zero-order valence-electron chi connectivity index (χ0n) is 12.0. The quantitative estimate of drug-likeness (QED) is 0.900. The molecule has 2 fully saturated rings. The molecule has 1 aromatic rings. The van der Waals surface area contributed by atoms with Gasteiger partial charge in [-0.15, -0.1) is 0 Å². The molecule has 0 bridgehead atoms. The molecule has 1 heterocycles. The molecule has 1 atom stereocenters. The lowest BCUT2D eigenvalue weighted by Crippen LogP contribution is -2.37. The molecule has 1 aliphatic carbocycles. The summed E-state index contributed by atoms with van der Waals surface area (Å²) in [5, 5.41) is 4.75. The van der Waals surface area contributed by atoms with Crippen molar-refractivity contribution in [1.82, 2.24) is 5.32 Å². The lowest BCUT2D eigenvalue weighted by molar-refractivity contribution is 0.372. The van der Waals surface area contributed by atoms with E-state index < -0.39 is 0 Å². The van der Waals surface area contributed by atoms with Crippen molar-refractivity contribution in [3.63, 3.8) is 0 Å². The lowest BCUT2D eigenvalue weighted by atomic mass is 9.84. The van der Waals surface area contributed by atoms with Gasteiger partial charge in [-0.05, 0) is 31.1 Å². The number of thioether (sulfide) groups is 2. The van der Waals surface area contributed by atoms with Crippen molar-refractivity contribution < 1.29 is 0 Å². The Morgan fingerprint density at radius 1 is 1.35 bits per heavy atom. The fourth-order valence-electron chi connectivity index (χ4n) is 2.75. The summed E-state index contributed by atoms with van der Waals surface area (Å²) in [6.45, 7) is 0.988. The third-order valence-corrected chi connectivity index (χ3v) is 6.78. The van der Waals surface area contributed by atoms with E-state index in [1.807, 2.05) is 23.5 Å². The van der Waals surface area contributed by atoms with Crippen molar-refractivity contribution in [2.45, 2.75) is 36.5 Å². The van der Waals surface area contributed by atoms with Crippen LogP contribution < -0.4 is 5.32 Å². The van der Waals surface area contributed by atoms with Crippen LogP contribution in [-0.4, -0.2) is 34.5 Å². The maximum Gasteiger partial charge on any atom is 0.156 e. The van der Waals surface area contributed by atoms with Crippen LogP contribution in [0.1, 0.15) is 24.8 Å². The first-order valence-corrected chi connectivity index (χ1v) is 9.54. The van der Waals surface area contributed by atoms with Crippen molar-refractivity contribution in [3.8, 4) is 0 Å². The summed E-state index contributed by atoms with van der Waals surface area (Å²) in [6.07, 6.45) is 7.38. The van der Waals surface area contributed by atoms with Gasteiger partial charge in [0.25, 0.3) is 0 Å². The molecule has 2 nitrogen and oxygen atoms in total. The fourth-order valence-corrected chi connectivity index (χ4v) is 4.61. The number of benzene rings is 1. The van der Waals surface area contributed by atoms with Gasteiger partial charge in [-0.3, -0.25) is 4.99 Å². The molecule has 1 N–H and O–H groups in total. The van der Waals surface area contributed by atoms with Gasteiger partial charge in [0, 0.05) is 16.5 Å². The first kappa shape index (κ1) is 14.3. The molecule has 2 aliphatic rings. The highest BCUT2D eigenvalue weighted by atomic mass is 32.2. The Morgan fingerprint density at radius 2 is 2.15 bits per heavy atom. The number of hydrogen-bond donors (Lipinski definition) is 1. The van der Waals surface area contributed by atoms with Crippen LogP contribution in [0, 0.1) is 0 Å². The Balaban J connectivity index is 1.51. The molecule has 108 valence electrons. The predicted molar refractivity (Wildman–Crippen MR) is 91.9 cm³/mol. The van der Waals surface area contributed by atoms with Gasteiger partial charge in [0.1, 0.15) is 0 Å². The van der Waals surface area contributed by atoms with E-state index in [1.165, 1.54) is 24.8 Å². The van der Waals surface area contributed by atoms with Gasteiger partial charge in [-0.25, -0.2) is 0 Å². The van der Waals surface area contributed by atoms with E-state index in [2.05, 4.69) is 41.9 Å². The lowest BCUT2D eigenvalue weighted by Gasteiger charge is -2.39. The molecule has 0 spiro atoms. The van der Waals surface area contributed by atoms with Crippen molar-refractivity contribution in [3.05, 3.63) is 35.9 Å². The number of amidine groups is 1. The smallest absolute Gasteiger partial charge is 0.156 e. The molecule has 0 aromatic heterocycles. The largest absolute Gasteiger partial charge is 0.361 e. The summed E-state index contributed by atoms with van der Waals surface area (Å²) in [7, 11) is 0. The van der Waals surface area contributed by atoms with Crippen LogP contribution in [-0.2, 0) is 6.42 Å². The van der Waals surface area contributed by atoms with Crippen molar-refractivity contribution in [1.29, 1.82) is 0 Å². The third kappa shape index (κ3) is 3.34. The topological polar surface area (TPSA) is 24.4 Å². The van der Waals surface area contributed by atoms with E-state index in [4.69, 9.17) is 4.99 Å². The van der Waals surface area contributed by atoms with E-state index in [1.54, 1.807) is 0 Å². The Hall–Kier alpha value is -0.610. The first-order chi connectivity index (χ1) is 9.80.